The molecule has 1 spiro atoms. The SMILES string of the molecule is C[C@@H]1CC[C@@]2(OC1)O[C@H]1C[C@H]3[C@@H]4C[C@@H](O)[C@H]5C[C@@H](O)[C@H](O)C[C@]5(C)[C@H]4CC[C@]3(C)[C@H]1[C@@H]2C. The van der Waals surface area contributed by atoms with Crippen LogP contribution >= 0.6 is 0 Å². The highest BCUT2D eigenvalue weighted by atomic mass is 16.7. The maximum absolute atomic E-state index is 11.3. The number of ether oxygens (including phenoxy) is 2. The standard InChI is InChI=1S/C27H44O5/c1-14-5-8-27(31-13-14)15(2)24-23(32-27)11-18-16-9-20(28)19-10-21(29)22(30)12-26(19,4)17(16)6-7-25(18,24)3/h14-24,28-30H,5-13H2,1-4H3/t14-,15+,16-,17+,18+,19-,20-,21-,22-,23+,24+,25+,26-,27-/m1/s1. The predicted molar refractivity (Wildman–Crippen MR) is 121 cm³/mol. The first-order valence-corrected chi connectivity index (χ1v) is 13.4. The van der Waals surface area contributed by atoms with Gasteiger partial charge in [0.1, 0.15) is 0 Å². The maximum atomic E-state index is 11.3. The zero-order chi connectivity index (χ0) is 22.6. The zero-order valence-corrected chi connectivity index (χ0v) is 20.4. The molecule has 3 N–H and O–H groups in total. The summed E-state index contributed by atoms with van der Waals surface area (Å²) in [6, 6.07) is 0. The monoisotopic (exact) mass is 448 g/mol. The Morgan fingerprint density at radius 3 is 2.28 bits per heavy atom. The van der Waals surface area contributed by atoms with E-state index in [-0.39, 0.29) is 34.7 Å². The summed E-state index contributed by atoms with van der Waals surface area (Å²) in [7, 11) is 0. The van der Waals surface area contributed by atoms with Crippen LogP contribution in [0.2, 0.25) is 0 Å². The average Bonchev–Trinajstić information content (AvgIpc) is 3.18. The van der Waals surface area contributed by atoms with Crippen molar-refractivity contribution in [3.8, 4) is 0 Å². The summed E-state index contributed by atoms with van der Waals surface area (Å²) in [6.45, 7) is 10.3. The van der Waals surface area contributed by atoms with Gasteiger partial charge in [0.05, 0.1) is 31.0 Å². The van der Waals surface area contributed by atoms with Crippen LogP contribution in [0.3, 0.4) is 0 Å². The molecule has 2 heterocycles. The Morgan fingerprint density at radius 1 is 0.781 bits per heavy atom. The molecule has 0 unspecified atom stereocenters. The Bertz CT molecular complexity index is 748. The van der Waals surface area contributed by atoms with Gasteiger partial charge in [0, 0.05) is 12.3 Å². The average molecular weight is 449 g/mol. The van der Waals surface area contributed by atoms with E-state index in [0.717, 1.165) is 25.9 Å². The fraction of sp³-hybridized carbons (Fsp3) is 1.00. The van der Waals surface area contributed by atoms with Gasteiger partial charge in [-0.25, -0.2) is 0 Å². The van der Waals surface area contributed by atoms with E-state index in [1.807, 2.05) is 0 Å². The van der Waals surface area contributed by atoms with Gasteiger partial charge in [-0.15, -0.1) is 0 Å². The van der Waals surface area contributed by atoms with Crippen molar-refractivity contribution in [2.45, 2.75) is 109 Å². The molecule has 0 aromatic carbocycles. The minimum absolute atomic E-state index is 0.0870. The minimum atomic E-state index is -0.692. The lowest BCUT2D eigenvalue weighted by Crippen LogP contribution is -2.61. The van der Waals surface area contributed by atoms with Gasteiger partial charge in [-0.1, -0.05) is 27.7 Å². The summed E-state index contributed by atoms with van der Waals surface area (Å²) in [5.74, 6) is 2.86. The fourth-order valence-corrected chi connectivity index (χ4v) is 10.3. The third-order valence-electron chi connectivity index (χ3n) is 12.0. The highest BCUT2D eigenvalue weighted by Crippen LogP contribution is 2.71. The minimum Gasteiger partial charge on any atom is -0.393 e. The normalized spacial score (nSPS) is 64.0. The molecular weight excluding hydrogens is 404 g/mol. The van der Waals surface area contributed by atoms with Crippen molar-refractivity contribution in [3.63, 3.8) is 0 Å². The largest absolute Gasteiger partial charge is 0.393 e. The van der Waals surface area contributed by atoms with E-state index in [2.05, 4.69) is 27.7 Å². The highest BCUT2D eigenvalue weighted by Gasteiger charge is 2.70. The predicted octanol–water partition coefficient (Wildman–Crippen LogP) is 3.74. The lowest BCUT2D eigenvalue weighted by molar-refractivity contribution is -0.273. The second-order valence-electron chi connectivity index (χ2n) is 13.4. The molecule has 4 aliphatic carbocycles. The number of hydrogen-bond acceptors (Lipinski definition) is 5. The lowest BCUT2D eigenvalue weighted by Gasteiger charge is -2.62. The smallest absolute Gasteiger partial charge is 0.171 e. The van der Waals surface area contributed by atoms with Crippen LogP contribution in [0.4, 0.5) is 0 Å². The summed E-state index contributed by atoms with van der Waals surface area (Å²) in [6.07, 6.45) is 6.22. The van der Waals surface area contributed by atoms with Crippen molar-refractivity contribution in [2.24, 2.45) is 52.3 Å². The van der Waals surface area contributed by atoms with Gasteiger partial charge < -0.3 is 24.8 Å². The second kappa shape index (κ2) is 7.16. The van der Waals surface area contributed by atoms with E-state index in [1.165, 1.54) is 19.3 Å². The summed E-state index contributed by atoms with van der Waals surface area (Å²) < 4.78 is 13.3. The van der Waals surface area contributed by atoms with Crippen LogP contribution in [0.15, 0.2) is 0 Å². The third kappa shape index (κ3) is 2.81. The molecule has 0 aromatic heterocycles. The number of aliphatic hydroxyl groups excluding tert-OH is 3. The maximum Gasteiger partial charge on any atom is 0.171 e. The van der Waals surface area contributed by atoms with Crippen LogP contribution in [0.1, 0.15) is 79.1 Å². The van der Waals surface area contributed by atoms with Crippen molar-refractivity contribution in [2.75, 3.05) is 6.61 Å². The van der Waals surface area contributed by atoms with Gasteiger partial charge in [-0.05, 0) is 91.3 Å². The molecule has 0 aromatic rings. The highest BCUT2D eigenvalue weighted by molar-refractivity contribution is 5.16. The van der Waals surface area contributed by atoms with E-state index < -0.39 is 12.2 Å². The Morgan fingerprint density at radius 2 is 1.56 bits per heavy atom. The van der Waals surface area contributed by atoms with Crippen molar-refractivity contribution in [1.29, 1.82) is 0 Å². The molecule has 6 aliphatic rings. The van der Waals surface area contributed by atoms with E-state index in [0.29, 0.717) is 48.3 Å². The lowest BCUT2D eigenvalue weighted by atomic mass is 9.43. The molecule has 4 saturated carbocycles. The molecule has 0 bridgehead atoms. The molecule has 6 rings (SSSR count). The summed E-state index contributed by atoms with van der Waals surface area (Å²) >= 11 is 0. The Kier molecular flexibility index (Phi) is 4.99. The first-order chi connectivity index (χ1) is 15.1. The summed E-state index contributed by atoms with van der Waals surface area (Å²) in [5, 5.41) is 32.1. The molecule has 5 heteroatoms. The van der Waals surface area contributed by atoms with Crippen LogP contribution in [0, 0.1) is 52.3 Å². The Hall–Kier alpha value is -0.200. The van der Waals surface area contributed by atoms with Crippen molar-refractivity contribution in [3.05, 3.63) is 0 Å². The Labute approximate surface area is 193 Å². The molecule has 2 aliphatic heterocycles. The first-order valence-electron chi connectivity index (χ1n) is 13.4. The zero-order valence-electron chi connectivity index (χ0n) is 20.4. The number of aliphatic hydroxyl groups is 3. The number of rotatable bonds is 0. The topological polar surface area (TPSA) is 79.2 Å². The van der Waals surface area contributed by atoms with Gasteiger partial charge in [-0.2, -0.15) is 0 Å². The molecule has 14 atom stereocenters. The molecule has 2 saturated heterocycles. The molecule has 182 valence electrons. The summed E-state index contributed by atoms with van der Waals surface area (Å²) in [5.41, 5.74) is 0.146. The van der Waals surface area contributed by atoms with E-state index >= 15 is 0 Å². The van der Waals surface area contributed by atoms with Gasteiger partial charge in [-0.3, -0.25) is 0 Å². The van der Waals surface area contributed by atoms with Gasteiger partial charge in [0.25, 0.3) is 0 Å². The van der Waals surface area contributed by atoms with Gasteiger partial charge in [0.2, 0.25) is 0 Å². The molecule has 0 radical (unpaired) electrons. The van der Waals surface area contributed by atoms with Crippen LogP contribution in [-0.2, 0) is 9.47 Å². The molecule has 5 nitrogen and oxygen atoms in total. The number of fused-ring (bicyclic) bond motifs is 7. The van der Waals surface area contributed by atoms with Gasteiger partial charge >= 0.3 is 0 Å². The van der Waals surface area contributed by atoms with Crippen molar-refractivity contribution < 1.29 is 24.8 Å². The third-order valence-corrected chi connectivity index (χ3v) is 12.0. The van der Waals surface area contributed by atoms with Crippen LogP contribution in [-0.4, -0.2) is 52.1 Å². The van der Waals surface area contributed by atoms with E-state index in [9.17, 15) is 15.3 Å². The number of hydrogen-bond donors (Lipinski definition) is 3. The van der Waals surface area contributed by atoms with Crippen LogP contribution in [0.25, 0.3) is 0 Å². The first kappa shape index (κ1) is 22.3. The van der Waals surface area contributed by atoms with E-state index in [4.69, 9.17) is 9.47 Å². The summed E-state index contributed by atoms with van der Waals surface area (Å²) in [4.78, 5) is 0. The van der Waals surface area contributed by atoms with Crippen LogP contribution in [0.5, 0.6) is 0 Å². The van der Waals surface area contributed by atoms with Crippen molar-refractivity contribution in [1.82, 2.24) is 0 Å². The van der Waals surface area contributed by atoms with Gasteiger partial charge in [0.15, 0.2) is 5.79 Å². The second-order valence-corrected chi connectivity index (χ2v) is 13.4. The fourth-order valence-electron chi connectivity index (χ4n) is 10.3. The molecule has 32 heavy (non-hydrogen) atoms. The molecule has 0 amide bonds. The quantitative estimate of drug-likeness (QED) is 0.526. The molecule has 6 fully saturated rings. The van der Waals surface area contributed by atoms with E-state index in [1.54, 1.807) is 0 Å². The van der Waals surface area contributed by atoms with Crippen LogP contribution < -0.4 is 0 Å². The van der Waals surface area contributed by atoms with Crippen molar-refractivity contribution >= 4 is 0 Å². The molecular formula is C27H44O5. The Balaban J connectivity index is 1.28.